The molecule has 0 fully saturated rings. The fourth-order valence-electron chi connectivity index (χ4n) is 1.72. The lowest BCUT2D eigenvalue weighted by atomic mass is 10.2. The van der Waals surface area contributed by atoms with Crippen LogP contribution in [0.5, 0.6) is 0 Å². The van der Waals surface area contributed by atoms with Crippen molar-refractivity contribution in [1.82, 2.24) is 9.55 Å². The normalized spacial score (nSPS) is 11.0. The van der Waals surface area contributed by atoms with Crippen LogP contribution in [-0.2, 0) is 17.8 Å². The summed E-state index contributed by atoms with van der Waals surface area (Å²) >= 11 is 6.97. The smallest absolute Gasteiger partial charge is 0.262 e. The molecule has 0 aromatic carbocycles. The van der Waals surface area contributed by atoms with Gasteiger partial charge >= 0.3 is 0 Å². The molecule has 0 saturated carbocycles. The van der Waals surface area contributed by atoms with Crippen molar-refractivity contribution in [2.24, 2.45) is 0 Å². The Bertz CT molecular complexity index is 633. The molecule has 0 aliphatic heterocycles. The molecular weight excluding hydrogens is 272 g/mol. The van der Waals surface area contributed by atoms with Crippen LogP contribution in [0.25, 0.3) is 10.2 Å². The number of nitrogens with zero attached hydrogens (tertiary/aromatic N) is 2. The van der Waals surface area contributed by atoms with Gasteiger partial charge in [-0.15, -0.1) is 22.9 Å². The predicted octanol–water partition coefficient (Wildman–Crippen LogP) is 2.22. The van der Waals surface area contributed by atoms with Gasteiger partial charge in [-0.3, -0.25) is 14.2 Å². The van der Waals surface area contributed by atoms with Crippen molar-refractivity contribution >= 4 is 38.9 Å². The van der Waals surface area contributed by atoms with E-state index in [1.54, 1.807) is 0 Å². The molecule has 0 bridgehead atoms. The summed E-state index contributed by atoms with van der Waals surface area (Å²) in [5, 5.41) is 0.591. The maximum atomic E-state index is 12.1. The van der Waals surface area contributed by atoms with E-state index >= 15 is 0 Å². The lowest BCUT2D eigenvalue weighted by Crippen LogP contribution is -2.24. The summed E-state index contributed by atoms with van der Waals surface area (Å²) in [6, 6.07) is 1.88. The molecule has 2 rings (SSSR count). The molecule has 0 N–H and O–H groups in total. The third kappa shape index (κ3) is 2.62. The number of carbonyl (C=O) groups excluding carboxylic acids is 1. The second-order valence-corrected chi connectivity index (χ2v) is 5.41. The van der Waals surface area contributed by atoms with Gasteiger partial charge in [0, 0.05) is 4.88 Å². The Morgan fingerprint density at radius 3 is 3.00 bits per heavy atom. The number of rotatable bonds is 5. The number of alkyl halides is 1. The molecule has 0 aliphatic rings. The summed E-state index contributed by atoms with van der Waals surface area (Å²) in [4.78, 5) is 29.5. The van der Waals surface area contributed by atoms with Gasteiger partial charge in [0.25, 0.3) is 5.56 Å². The molecular formula is C12H13ClN2O2S. The van der Waals surface area contributed by atoms with E-state index < -0.39 is 0 Å². The van der Waals surface area contributed by atoms with E-state index in [9.17, 15) is 9.59 Å². The van der Waals surface area contributed by atoms with Crippen LogP contribution < -0.4 is 5.56 Å². The first-order valence-electron chi connectivity index (χ1n) is 5.71. The largest absolute Gasteiger partial charge is 0.296 e. The van der Waals surface area contributed by atoms with E-state index in [1.165, 1.54) is 22.2 Å². The van der Waals surface area contributed by atoms with E-state index in [2.05, 4.69) is 11.9 Å². The Labute approximate surface area is 113 Å². The molecule has 2 aromatic heterocycles. The van der Waals surface area contributed by atoms with E-state index in [0.717, 1.165) is 22.5 Å². The van der Waals surface area contributed by atoms with Gasteiger partial charge in [-0.2, -0.15) is 0 Å². The van der Waals surface area contributed by atoms with Crippen molar-refractivity contribution in [3.63, 3.8) is 0 Å². The van der Waals surface area contributed by atoms with E-state index in [4.69, 9.17) is 11.6 Å². The minimum Gasteiger partial charge on any atom is -0.296 e. The number of Topliss-reactive ketones (excluding diaryl/α,β-unsaturated/α-hetero) is 1. The van der Waals surface area contributed by atoms with Crippen LogP contribution in [0.1, 0.15) is 18.2 Å². The first kappa shape index (κ1) is 13.2. The third-order valence-electron chi connectivity index (χ3n) is 2.56. The number of fused-ring (bicyclic) bond motifs is 1. The lowest BCUT2D eigenvalue weighted by Gasteiger charge is -2.01. The van der Waals surface area contributed by atoms with E-state index in [-0.39, 0.29) is 23.8 Å². The Balaban J connectivity index is 2.43. The van der Waals surface area contributed by atoms with Crippen LogP contribution in [0.15, 0.2) is 17.2 Å². The Morgan fingerprint density at radius 2 is 2.33 bits per heavy atom. The highest BCUT2D eigenvalue weighted by Crippen LogP contribution is 2.21. The highest BCUT2D eigenvalue weighted by Gasteiger charge is 2.10. The molecule has 0 amide bonds. The molecule has 0 radical (unpaired) electrons. The number of aryl methyl sites for hydroxylation is 1. The summed E-state index contributed by atoms with van der Waals surface area (Å²) in [6.07, 6.45) is 3.40. The van der Waals surface area contributed by atoms with Crippen LogP contribution >= 0.6 is 22.9 Å². The molecule has 4 nitrogen and oxygen atoms in total. The van der Waals surface area contributed by atoms with Crippen molar-refractivity contribution in [2.45, 2.75) is 26.3 Å². The van der Waals surface area contributed by atoms with Gasteiger partial charge < -0.3 is 0 Å². The molecule has 0 unspecified atom stereocenters. The number of carbonyl (C=O) groups is 1. The van der Waals surface area contributed by atoms with Crippen LogP contribution in [0.3, 0.4) is 0 Å². The zero-order chi connectivity index (χ0) is 13.1. The number of hydrogen-bond acceptors (Lipinski definition) is 4. The standard InChI is InChI=1S/C12H13ClN2O2S/c1-2-3-9-4-10-11(18-9)14-7-15(12(10)17)6-8(16)5-13/h4,7H,2-3,5-6H2,1H3. The molecule has 96 valence electrons. The van der Waals surface area contributed by atoms with Crippen molar-refractivity contribution in [3.05, 3.63) is 27.6 Å². The van der Waals surface area contributed by atoms with Gasteiger partial charge in [-0.05, 0) is 12.5 Å². The van der Waals surface area contributed by atoms with E-state index in [0.29, 0.717) is 5.39 Å². The molecule has 6 heteroatoms. The number of halogens is 1. The Hall–Kier alpha value is -1.20. The summed E-state index contributed by atoms with van der Waals surface area (Å²) in [6.45, 7) is 2.08. The molecule has 0 saturated heterocycles. The second-order valence-electron chi connectivity index (χ2n) is 4.03. The van der Waals surface area contributed by atoms with Gasteiger partial charge in [0.05, 0.1) is 24.1 Å². The zero-order valence-corrected chi connectivity index (χ0v) is 11.6. The summed E-state index contributed by atoms with van der Waals surface area (Å²) in [5.74, 6) is -0.279. The summed E-state index contributed by atoms with van der Waals surface area (Å²) < 4.78 is 1.31. The minimum atomic E-state index is -0.191. The second kappa shape index (κ2) is 5.63. The van der Waals surface area contributed by atoms with Crippen molar-refractivity contribution < 1.29 is 4.79 Å². The van der Waals surface area contributed by atoms with Crippen LogP contribution in [-0.4, -0.2) is 21.2 Å². The van der Waals surface area contributed by atoms with Crippen molar-refractivity contribution in [1.29, 1.82) is 0 Å². The van der Waals surface area contributed by atoms with Crippen molar-refractivity contribution in [3.8, 4) is 0 Å². The van der Waals surface area contributed by atoms with Gasteiger partial charge in [-0.25, -0.2) is 4.98 Å². The van der Waals surface area contributed by atoms with E-state index in [1.807, 2.05) is 6.07 Å². The topological polar surface area (TPSA) is 52.0 Å². The van der Waals surface area contributed by atoms with Gasteiger partial charge in [0.15, 0.2) is 5.78 Å². The average Bonchev–Trinajstić information content (AvgIpc) is 2.77. The quantitative estimate of drug-likeness (QED) is 0.791. The fraction of sp³-hybridized carbons (Fsp3) is 0.417. The number of hydrogen-bond donors (Lipinski definition) is 0. The maximum Gasteiger partial charge on any atom is 0.262 e. The third-order valence-corrected chi connectivity index (χ3v) is 3.96. The highest BCUT2D eigenvalue weighted by atomic mass is 35.5. The molecule has 2 aromatic rings. The van der Waals surface area contributed by atoms with Gasteiger partial charge in [-0.1, -0.05) is 13.3 Å². The number of aromatic nitrogens is 2. The number of ketones is 1. The monoisotopic (exact) mass is 284 g/mol. The Morgan fingerprint density at radius 1 is 1.56 bits per heavy atom. The summed E-state index contributed by atoms with van der Waals surface area (Å²) in [5.41, 5.74) is -0.169. The average molecular weight is 285 g/mol. The SMILES string of the molecule is CCCc1cc2c(=O)n(CC(=O)CCl)cnc2s1. The molecule has 2 heterocycles. The molecule has 0 spiro atoms. The van der Waals surface area contributed by atoms with Gasteiger partial charge in [0.2, 0.25) is 0 Å². The lowest BCUT2D eigenvalue weighted by molar-refractivity contribution is -0.117. The predicted molar refractivity (Wildman–Crippen MR) is 73.6 cm³/mol. The number of thiophene rings is 1. The van der Waals surface area contributed by atoms with Gasteiger partial charge in [0.1, 0.15) is 4.83 Å². The molecule has 18 heavy (non-hydrogen) atoms. The maximum absolute atomic E-state index is 12.1. The zero-order valence-electron chi connectivity index (χ0n) is 9.98. The van der Waals surface area contributed by atoms with Crippen LogP contribution in [0.4, 0.5) is 0 Å². The van der Waals surface area contributed by atoms with Crippen molar-refractivity contribution in [2.75, 3.05) is 5.88 Å². The first-order chi connectivity index (χ1) is 8.65. The van der Waals surface area contributed by atoms with Crippen LogP contribution in [0, 0.1) is 0 Å². The molecule has 0 aliphatic carbocycles. The fourth-order valence-corrected chi connectivity index (χ4v) is 2.90. The first-order valence-corrected chi connectivity index (χ1v) is 7.06. The molecule has 0 atom stereocenters. The minimum absolute atomic E-state index is 0.00969. The summed E-state index contributed by atoms with van der Waals surface area (Å²) in [7, 11) is 0. The Kier molecular flexibility index (Phi) is 4.14. The highest BCUT2D eigenvalue weighted by molar-refractivity contribution is 7.18. The van der Waals surface area contributed by atoms with Crippen LogP contribution in [0.2, 0.25) is 0 Å².